The number of hydrogen-bond donors (Lipinski definition) is 1. The fourth-order valence-electron chi connectivity index (χ4n) is 3.43. The van der Waals surface area contributed by atoms with E-state index in [2.05, 4.69) is 10.3 Å². The van der Waals surface area contributed by atoms with E-state index in [-0.39, 0.29) is 11.8 Å². The number of aromatic nitrogens is 1. The van der Waals surface area contributed by atoms with Gasteiger partial charge >= 0.3 is 0 Å². The number of likely N-dealkylation sites (tertiary alicyclic amines) is 1. The molecular formula is C21H21N3O3. The summed E-state index contributed by atoms with van der Waals surface area (Å²) in [5.74, 6) is 0.611. The summed E-state index contributed by atoms with van der Waals surface area (Å²) in [5, 5.41) is 3.91. The molecule has 1 aromatic carbocycles. The van der Waals surface area contributed by atoms with E-state index in [1.54, 1.807) is 30.6 Å². The predicted molar refractivity (Wildman–Crippen MR) is 101 cm³/mol. The highest BCUT2D eigenvalue weighted by atomic mass is 16.3. The number of pyridine rings is 1. The Bertz CT molecular complexity index is 910. The van der Waals surface area contributed by atoms with Gasteiger partial charge in [-0.25, -0.2) is 0 Å². The van der Waals surface area contributed by atoms with Crippen LogP contribution in [-0.2, 0) is 0 Å². The lowest BCUT2D eigenvalue weighted by Crippen LogP contribution is -2.41. The van der Waals surface area contributed by atoms with Gasteiger partial charge in [-0.2, -0.15) is 0 Å². The van der Waals surface area contributed by atoms with Crippen LogP contribution in [0.5, 0.6) is 0 Å². The second kappa shape index (κ2) is 7.61. The Morgan fingerprint density at radius 1 is 1.11 bits per heavy atom. The highest BCUT2D eigenvalue weighted by molar-refractivity contribution is 5.96. The van der Waals surface area contributed by atoms with Crippen molar-refractivity contribution in [2.24, 2.45) is 5.92 Å². The number of nitrogens with zero attached hydrogens (tertiary/aromatic N) is 2. The number of nitrogens with one attached hydrogen (secondary N) is 1. The normalized spacial score (nSPS) is 15.0. The lowest BCUT2D eigenvalue weighted by molar-refractivity contribution is 0.0655. The summed E-state index contributed by atoms with van der Waals surface area (Å²) < 4.78 is 5.68. The number of benzene rings is 1. The molecular weight excluding hydrogens is 342 g/mol. The molecule has 3 aromatic rings. The van der Waals surface area contributed by atoms with Crippen molar-refractivity contribution in [3.63, 3.8) is 0 Å². The van der Waals surface area contributed by atoms with E-state index < -0.39 is 0 Å². The summed E-state index contributed by atoms with van der Waals surface area (Å²) in [6.07, 6.45) is 4.94. The number of fused-ring (bicyclic) bond motifs is 1. The molecule has 0 spiro atoms. The van der Waals surface area contributed by atoms with Crippen LogP contribution in [0, 0.1) is 5.92 Å². The molecule has 2 amide bonds. The zero-order valence-corrected chi connectivity index (χ0v) is 14.9. The van der Waals surface area contributed by atoms with E-state index in [0.717, 1.165) is 23.8 Å². The summed E-state index contributed by atoms with van der Waals surface area (Å²) in [4.78, 5) is 30.5. The Hall–Kier alpha value is -3.15. The predicted octanol–water partition coefficient (Wildman–Crippen LogP) is 3.11. The van der Waals surface area contributed by atoms with Crippen LogP contribution in [0.3, 0.4) is 0 Å². The van der Waals surface area contributed by atoms with Crippen molar-refractivity contribution in [1.82, 2.24) is 15.2 Å². The van der Waals surface area contributed by atoms with Crippen molar-refractivity contribution >= 4 is 22.8 Å². The van der Waals surface area contributed by atoms with Crippen LogP contribution in [-0.4, -0.2) is 41.3 Å². The molecule has 0 bridgehead atoms. The summed E-state index contributed by atoms with van der Waals surface area (Å²) in [6.45, 7) is 1.96. The average Bonchev–Trinajstić information content (AvgIpc) is 3.17. The van der Waals surface area contributed by atoms with Crippen molar-refractivity contribution in [1.29, 1.82) is 0 Å². The maximum atomic E-state index is 12.7. The van der Waals surface area contributed by atoms with Crippen LogP contribution in [0.15, 0.2) is 59.3 Å². The van der Waals surface area contributed by atoms with Gasteiger partial charge in [0, 0.05) is 43.0 Å². The number of carbonyl (C=O) groups is 2. The van der Waals surface area contributed by atoms with Crippen molar-refractivity contribution in [2.45, 2.75) is 12.8 Å². The van der Waals surface area contributed by atoms with Gasteiger partial charge in [0.25, 0.3) is 11.8 Å². The quantitative estimate of drug-likeness (QED) is 0.773. The van der Waals surface area contributed by atoms with Gasteiger partial charge in [-0.05, 0) is 43.0 Å². The van der Waals surface area contributed by atoms with E-state index in [4.69, 9.17) is 4.42 Å². The van der Waals surface area contributed by atoms with E-state index in [9.17, 15) is 9.59 Å². The molecule has 1 fully saturated rings. The maximum Gasteiger partial charge on any atom is 0.289 e. The van der Waals surface area contributed by atoms with Crippen molar-refractivity contribution < 1.29 is 14.0 Å². The highest BCUT2D eigenvalue weighted by Crippen LogP contribution is 2.23. The van der Waals surface area contributed by atoms with Crippen LogP contribution in [0.4, 0.5) is 0 Å². The molecule has 1 aliphatic heterocycles. The second-order valence-electron chi connectivity index (χ2n) is 6.83. The first-order valence-electron chi connectivity index (χ1n) is 9.17. The molecule has 3 heterocycles. The summed E-state index contributed by atoms with van der Waals surface area (Å²) in [5.41, 5.74) is 1.34. The lowest BCUT2D eigenvalue weighted by Gasteiger charge is -2.31. The topological polar surface area (TPSA) is 75.4 Å². The van der Waals surface area contributed by atoms with E-state index >= 15 is 0 Å². The number of para-hydroxylation sites is 1. The Labute approximate surface area is 157 Å². The number of carbonyl (C=O) groups excluding carboxylic acids is 2. The molecule has 0 unspecified atom stereocenters. The monoisotopic (exact) mass is 363 g/mol. The number of furan rings is 1. The van der Waals surface area contributed by atoms with Gasteiger partial charge in [-0.1, -0.05) is 18.2 Å². The zero-order chi connectivity index (χ0) is 18.6. The Morgan fingerprint density at radius 3 is 2.59 bits per heavy atom. The van der Waals surface area contributed by atoms with Crippen molar-refractivity contribution in [3.8, 4) is 0 Å². The first kappa shape index (κ1) is 17.3. The van der Waals surface area contributed by atoms with Gasteiger partial charge in [0.1, 0.15) is 5.58 Å². The van der Waals surface area contributed by atoms with E-state index in [0.29, 0.717) is 36.9 Å². The zero-order valence-electron chi connectivity index (χ0n) is 14.9. The third kappa shape index (κ3) is 3.84. The number of amides is 2. The molecule has 1 aliphatic rings. The molecule has 27 heavy (non-hydrogen) atoms. The second-order valence-corrected chi connectivity index (χ2v) is 6.83. The lowest BCUT2D eigenvalue weighted by atomic mass is 9.96. The van der Waals surface area contributed by atoms with Gasteiger partial charge in [-0.3, -0.25) is 14.6 Å². The van der Waals surface area contributed by atoms with Gasteiger partial charge < -0.3 is 14.6 Å². The van der Waals surface area contributed by atoms with Crippen molar-refractivity contribution in [3.05, 3.63) is 66.2 Å². The fourth-order valence-corrected chi connectivity index (χ4v) is 3.43. The first-order chi connectivity index (χ1) is 13.2. The Morgan fingerprint density at radius 2 is 1.85 bits per heavy atom. The standard InChI is InChI=1S/C21H21N3O3/c25-20(16-5-9-22-10-6-16)23-14-15-7-11-24(12-8-15)21(26)19-13-17-3-1-2-4-18(17)27-19/h1-6,9-10,13,15H,7-8,11-12,14H2,(H,23,25). The molecule has 6 heteroatoms. The average molecular weight is 363 g/mol. The number of rotatable bonds is 4. The van der Waals surface area contributed by atoms with Crippen LogP contribution < -0.4 is 5.32 Å². The molecule has 2 aromatic heterocycles. The molecule has 0 aliphatic carbocycles. The first-order valence-corrected chi connectivity index (χ1v) is 9.17. The molecule has 138 valence electrons. The van der Waals surface area contributed by atoms with Crippen molar-refractivity contribution in [2.75, 3.05) is 19.6 Å². The minimum absolute atomic E-state index is 0.0644. The third-order valence-electron chi connectivity index (χ3n) is 5.03. The van der Waals surface area contributed by atoms with E-state index in [1.807, 2.05) is 29.2 Å². The largest absolute Gasteiger partial charge is 0.451 e. The fraction of sp³-hybridized carbons (Fsp3) is 0.286. The molecule has 4 rings (SSSR count). The summed E-state index contributed by atoms with van der Waals surface area (Å²) in [6, 6.07) is 12.8. The molecule has 0 radical (unpaired) electrons. The molecule has 0 atom stereocenters. The minimum atomic E-state index is -0.0850. The third-order valence-corrected chi connectivity index (χ3v) is 5.03. The Kier molecular flexibility index (Phi) is 4.87. The van der Waals surface area contributed by atoms with Gasteiger partial charge in [0.2, 0.25) is 0 Å². The number of piperidine rings is 1. The van der Waals surface area contributed by atoms with Gasteiger partial charge in [-0.15, -0.1) is 0 Å². The van der Waals surface area contributed by atoms with Gasteiger partial charge in [0.05, 0.1) is 0 Å². The molecule has 1 N–H and O–H groups in total. The van der Waals surface area contributed by atoms with Crippen LogP contribution >= 0.6 is 0 Å². The van der Waals surface area contributed by atoms with Crippen LogP contribution in [0.1, 0.15) is 33.8 Å². The maximum absolute atomic E-state index is 12.7. The highest BCUT2D eigenvalue weighted by Gasteiger charge is 2.26. The molecule has 1 saturated heterocycles. The summed E-state index contributed by atoms with van der Waals surface area (Å²) in [7, 11) is 0. The number of hydrogen-bond acceptors (Lipinski definition) is 4. The van der Waals surface area contributed by atoms with E-state index in [1.165, 1.54) is 0 Å². The summed E-state index contributed by atoms with van der Waals surface area (Å²) >= 11 is 0. The molecule has 0 saturated carbocycles. The molecule has 6 nitrogen and oxygen atoms in total. The smallest absolute Gasteiger partial charge is 0.289 e. The van der Waals surface area contributed by atoms with Crippen LogP contribution in [0.2, 0.25) is 0 Å². The Balaban J connectivity index is 1.29. The SMILES string of the molecule is O=C(NCC1CCN(C(=O)c2cc3ccccc3o2)CC1)c1ccncc1. The minimum Gasteiger partial charge on any atom is -0.451 e. The van der Waals surface area contributed by atoms with Gasteiger partial charge in [0.15, 0.2) is 5.76 Å². The van der Waals surface area contributed by atoms with Crippen LogP contribution in [0.25, 0.3) is 11.0 Å².